The SMILES string of the molecule is Cc1ccc2sc(N(CCCN(C)C)C(=O)C3CC(=O)N(c4ccc(F)cc4)C3)nc2c1C.Cl. The van der Waals surface area contributed by atoms with E-state index >= 15 is 0 Å². The first-order valence-corrected chi connectivity index (χ1v) is 11.9. The van der Waals surface area contributed by atoms with Gasteiger partial charge in [-0.05, 0) is 82.4 Å². The molecule has 1 saturated heterocycles. The van der Waals surface area contributed by atoms with Crippen molar-refractivity contribution in [3.63, 3.8) is 0 Å². The predicted octanol–water partition coefficient (Wildman–Crippen LogP) is 4.81. The Kier molecular flexibility index (Phi) is 8.28. The van der Waals surface area contributed by atoms with Crippen molar-refractivity contribution in [2.24, 2.45) is 5.92 Å². The molecule has 2 aromatic carbocycles. The van der Waals surface area contributed by atoms with Crippen LogP contribution in [-0.4, -0.2) is 55.4 Å². The Morgan fingerprint density at radius 2 is 1.85 bits per heavy atom. The zero-order valence-corrected chi connectivity index (χ0v) is 21.5. The summed E-state index contributed by atoms with van der Waals surface area (Å²) in [6, 6.07) is 9.94. The van der Waals surface area contributed by atoms with Gasteiger partial charge >= 0.3 is 0 Å². The lowest BCUT2D eigenvalue weighted by atomic mass is 10.1. The Balaban J connectivity index is 0.00000324. The third kappa shape index (κ3) is 5.40. The second kappa shape index (κ2) is 10.8. The first kappa shape index (κ1) is 26.1. The second-order valence-electron chi connectivity index (χ2n) is 8.88. The molecule has 2 amide bonds. The van der Waals surface area contributed by atoms with E-state index in [4.69, 9.17) is 4.98 Å². The van der Waals surface area contributed by atoms with Crippen molar-refractivity contribution in [3.05, 3.63) is 53.3 Å². The van der Waals surface area contributed by atoms with E-state index in [-0.39, 0.29) is 43.0 Å². The number of aromatic nitrogens is 1. The van der Waals surface area contributed by atoms with E-state index < -0.39 is 5.92 Å². The number of hydrogen-bond acceptors (Lipinski definition) is 5. The number of anilines is 2. The van der Waals surface area contributed by atoms with Gasteiger partial charge in [0.1, 0.15) is 5.82 Å². The smallest absolute Gasteiger partial charge is 0.234 e. The highest BCUT2D eigenvalue weighted by atomic mass is 35.5. The molecular formula is C25H30ClFN4O2S. The zero-order chi connectivity index (χ0) is 23.7. The molecule has 0 saturated carbocycles. The van der Waals surface area contributed by atoms with Crippen molar-refractivity contribution in [3.8, 4) is 0 Å². The third-order valence-electron chi connectivity index (χ3n) is 6.17. The number of nitrogens with zero attached hydrogens (tertiary/aromatic N) is 4. The Morgan fingerprint density at radius 1 is 1.15 bits per heavy atom. The number of fused-ring (bicyclic) bond motifs is 1. The quantitative estimate of drug-likeness (QED) is 0.463. The van der Waals surface area contributed by atoms with E-state index in [1.54, 1.807) is 21.9 Å². The first-order chi connectivity index (χ1) is 15.7. The largest absolute Gasteiger partial charge is 0.312 e. The molecule has 1 aromatic heterocycles. The van der Waals surface area contributed by atoms with Crippen LogP contribution in [0, 0.1) is 25.6 Å². The summed E-state index contributed by atoms with van der Waals surface area (Å²) in [4.78, 5) is 36.6. The summed E-state index contributed by atoms with van der Waals surface area (Å²) < 4.78 is 14.4. The van der Waals surface area contributed by atoms with Gasteiger partial charge in [0.05, 0.1) is 16.1 Å². The average Bonchev–Trinajstić information content (AvgIpc) is 3.38. The molecule has 0 N–H and O–H groups in total. The van der Waals surface area contributed by atoms with Crippen LogP contribution in [0.15, 0.2) is 36.4 Å². The summed E-state index contributed by atoms with van der Waals surface area (Å²) in [5.74, 6) is -1.02. The molecule has 2 heterocycles. The lowest BCUT2D eigenvalue weighted by Crippen LogP contribution is -2.39. The lowest BCUT2D eigenvalue weighted by molar-refractivity contribution is -0.124. The van der Waals surface area contributed by atoms with Gasteiger partial charge in [-0.1, -0.05) is 17.4 Å². The minimum Gasteiger partial charge on any atom is -0.312 e. The van der Waals surface area contributed by atoms with Crippen molar-refractivity contribution in [1.82, 2.24) is 9.88 Å². The van der Waals surface area contributed by atoms with Crippen molar-refractivity contribution < 1.29 is 14.0 Å². The van der Waals surface area contributed by atoms with Crippen LogP contribution in [-0.2, 0) is 9.59 Å². The fraction of sp³-hybridized carbons (Fsp3) is 0.400. The van der Waals surface area contributed by atoms with Crippen molar-refractivity contribution in [2.45, 2.75) is 26.7 Å². The monoisotopic (exact) mass is 504 g/mol. The molecule has 1 aliphatic heterocycles. The van der Waals surface area contributed by atoms with Gasteiger partial charge in [-0.2, -0.15) is 0 Å². The number of benzene rings is 2. The first-order valence-electron chi connectivity index (χ1n) is 11.1. The van der Waals surface area contributed by atoms with Gasteiger partial charge in [0.15, 0.2) is 5.13 Å². The van der Waals surface area contributed by atoms with Gasteiger partial charge in [-0.3, -0.25) is 14.5 Å². The minimum atomic E-state index is -0.461. The van der Waals surface area contributed by atoms with Crippen LogP contribution in [0.5, 0.6) is 0 Å². The molecule has 1 atom stereocenters. The number of thiazole rings is 1. The Hall–Kier alpha value is -2.55. The van der Waals surface area contributed by atoms with Crippen LogP contribution in [0.4, 0.5) is 15.2 Å². The van der Waals surface area contributed by atoms with E-state index in [2.05, 4.69) is 30.9 Å². The van der Waals surface area contributed by atoms with E-state index in [1.165, 1.54) is 29.0 Å². The lowest BCUT2D eigenvalue weighted by Gasteiger charge is -2.24. The molecule has 1 unspecified atom stereocenters. The molecule has 6 nitrogen and oxygen atoms in total. The van der Waals surface area contributed by atoms with Crippen LogP contribution in [0.1, 0.15) is 24.0 Å². The van der Waals surface area contributed by atoms with Gasteiger partial charge in [-0.15, -0.1) is 12.4 Å². The highest BCUT2D eigenvalue weighted by Crippen LogP contribution is 2.34. The topological polar surface area (TPSA) is 56.8 Å². The molecule has 3 aromatic rings. The molecular weight excluding hydrogens is 475 g/mol. The van der Waals surface area contributed by atoms with Crippen LogP contribution < -0.4 is 9.80 Å². The maximum Gasteiger partial charge on any atom is 0.234 e. The van der Waals surface area contributed by atoms with Gasteiger partial charge < -0.3 is 9.80 Å². The van der Waals surface area contributed by atoms with Gasteiger partial charge in [-0.25, -0.2) is 9.37 Å². The molecule has 4 rings (SSSR count). The van der Waals surface area contributed by atoms with E-state index in [0.29, 0.717) is 17.4 Å². The van der Waals surface area contributed by atoms with Crippen LogP contribution in [0.2, 0.25) is 0 Å². The Labute approximate surface area is 209 Å². The molecule has 0 aliphatic carbocycles. The molecule has 0 spiro atoms. The number of rotatable bonds is 7. The van der Waals surface area contributed by atoms with Crippen molar-refractivity contribution in [1.29, 1.82) is 0 Å². The Bertz CT molecular complexity index is 1180. The average molecular weight is 505 g/mol. The summed E-state index contributed by atoms with van der Waals surface area (Å²) >= 11 is 1.51. The number of halogens is 2. The van der Waals surface area contributed by atoms with E-state index in [9.17, 15) is 14.0 Å². The highest BCUT2D eigenvalue weighted by Gasteiger charge is 2.38. The maximum atomic E-state index is 13.7. The standard InChI is InChI=1S/C25H29FN4O2S.ClH/c1-16-6-11-21-23(17(16)2)27-25(33-21)29(13-5-12-28(3)4)24(32)18-14-22(31)30(15-18)20-9-7-19(26)8-10-20;/h6-11,18H,5,12-15H2,1-4H3;1H. The number of hydrogen-bond donors (Lipinski definition) is 0. The summed E-state index contributed by atoms with van der Waals surface area (Å²) in [6.45, 7) is 5.78. The second-order valence-corrected chi connectivity index (χ2v) is 9.89. The number of carbonyl (C=O) groups is 2. The van der Waals surface area contributed by atoms with Crippen LogP contribution in [0.3, 0.4) is 0 Å². The van der Waals surface area contributed by atoms with Crippen LogP contribution >= 0.6 is 23.7 Å². The maximum absolute atomic E-state index is 13.7. The van der Waals surface area contributed by atoms with E-state index in [1.807, 2.05) is 14.1 Å². The number of carbonyl (C=O) groups excluding carboxylic acids is 2. The summed E-state index contributed by atoms with van der Waals surface area (Å²) in [5.41, 5.74) is 3.83. The number of aryl methyl sites for hydroxylation is 2. The highest BCUT2D eigenvalue weighted by molar-refractivity contribution is 7.22. The van der Waals surface area contributed by atoms with Crippen LogP contribution in [0.25, 0.3) is 10.2 Å². The van der Waals surface area contributed by atoms with Gasteiger partial charge in [0, 0.05) is 25.2 Å². The molecule has 1 fully saturated rings. The summed E-state index contributed by atoms with van der Waals surface area (Å²) in [5, 5.41) is 0.676. The molecule has 9 heteroatoms. The van der Waals surface area contributed by atoms with Gasteiger partial charge in [0.2, 0.25) is 11.8 Å². The molecule has 1 aliphatic rings. The van der Waals surface area contributed by atoms with Crippen molar-refractivity contribution >= 4 is 56.6 Å². The predicted molar refractivity (Wildman–Crippen MR) is 139 cm³/mol. The third-order valence-corrected chi connectivity index (χ3v) is 7.21. The van der Waals surface area contributed by atoms with Gasteiger partial charge in [0.25, 0.3) is 0 Å². The molecule has 34 heavy (non-hydrogen) atoms. The minimum absolute atomic E-state index is 0. The zero-order valence-electron chi connectivity index (χ0n) is 19.9. The molecule has 182 valence electrons. The normalized spacial score (nSPS) is 15.8. The fourth-order valence-electron chi connectivity index (χ4n) is 4.14. The molecule has 0 radical (unpaired) electrons. The molecule has 0 bridgehead atoms. The Morgan fingerprint density at radius 3 is 2.53 bits per heavy atom. The van der Waals surface area contributed by atoms with Crippen molar-refractivity contribution in [2.75, 3.05) is 43.5 Å². The summed E-state index contributed by atoms with van der Waals surface area (Å²) in [6.07, 6.45) is 0.943. The number of amides is 2. The van der Waals surface area contributed by atoms with E-state index in [0.717, 1.165) is 28.7 Å². The summed E-state index contributed by atoms with van der Waals surface area (Å²) in [7, 11) is 4.01. The fourth-order valence-corrected chi connectivity index (χ4v) is 5.20.